The summed E-state index contributed by atoms with van der Waals surface area (Å²) in [5, 5.41) is 3.11. The van der Waals surface area contributed by atoms with Gasteiger partial charge in [0, 0.05) is 12.7 Å². The third-order valence-corrected chi connectivity index (χ3v) is 3.10. The Balaban J connectivity index is 2.24. The molecule has 1 N–H and O–H groups in total. The molecule has 90 valence electrons. The molecule has 0 aliphatic carbocycles. The van der Waals surface area contributed by atoms with Crippen molar-refractivity contribution >= 4 is 0 Å². The summed E-state index contributed by atoms with van der Waals surface area (Å²) in [4.78, 5) is 4.38. The minimum absolute atomic E-state index is 0.328. The summed E-state index contributed by atoms with van der Waals surface area (Å²) < 4.78 is 2.16. The van der Waals surface area contributed by atoms with Crippen molar-refractivity contribution in [2.45, 2.75) is 26.4 Å². The van der Waals surface area contributed by atoms with Gasteiger partial charge in [0.05, 0.1) is 18.1 Å². The monoisotopic (exact) mass is 229 g/mol. The predicted molar refractivity (Wildman–Crippen MR) is 70.0 cm³/mol. The number of hydrogen-bond acceptors (Lipinski definition) is 2. The van der Waals surface area contributed by atoms with Gasteiger partial charge in [0.25, 0.3) is 0 Å². The van der Waals surface area contributed by atoms with Crippen LogP contribution in [0.25, 0.3) is 0 Å². The third kappa shape index (κ3) is 2.56. The fourth-order valence-electron chi connectivity index (χ4n) is 2.08. The molecule has 0 saturated carbocycles. The van der Waals surface area contributed by atoms with Crippen molar-refractivity contribution in [2.75, 3.05) is 7.05 Å². The van der Waals surface area contributed by atoms with E-state index in [2.05, 4.69) is 59.2 Å². The van der Waals surface area contributed by atoms with Crippen LogP contribution in [0.2, 0.25) is 0 Å². The molecular formula is C14H19N3. The molecule has 0 bridgehead atoms. The van der Waals surface area contributed by atoms with E-state index in [1.54, 1.807) is 0 Å². The van der Waals surface area contributed by atoms with E-state index in [0.717, 1.165) is 12.2 Å². The van der Waals surface area contributed by atoms with Crippen LogP contribution in [0.15, 0.2) is 36.8 Å². The fraction of sp³-hybridized carbons (Fsp3) is 0.357. The van der Waals surface area contributed by atoms with Gasteiger partial charge in [-0.3, -0.25) is 0 Å². The van der Waals surface area contributed by atoms with Gasteiger partial charge in [-0.15, -0.1) is 0 Å². The molecule has 1 heterocycles. The Kier molecular flexibility index (Phi) is 3.59. The highest BCUT2D eigenvalue weighted by atomic mass is 15.1. The highest BCUT2D eigenvalue weighted by Crippen LogP contribution is 2.21. The van der Waals surface area contributed by atoms with E-state index in [4.69, 9.17) is 0 Å². The van der Waals surface area contributed by atoms with Gasteiger partial charge in [-0.25, -0.2) is 4.98 Å². The molecule has 1 atom stereocenters. The van der Waals surface area contributed by atoms with E-state index >= 15 is 0 Å². The first-order valence-corrected chi connectivity index (χ1v) is 5.95. The largest absolute Gasteiger partial charge is 0.330 e. The van der Waals surface area contributed by atoms with Crippen LogP contribution in [-0.2, 0) is 6.54 Å². The summed E-state index contributed by atoms with van der Waals surface area (Å²) in [5.41, 5.74) is 3.75. The average Bonchev–Trinajstić information content (AvgIpc) is 2.78. The lowest BCUT2D eigenvalue weighted by molar-refractivity contribution is 0.633. The van der Waals surface area contributed by atoms with Gasteiger partial charge in [-0.2, -0.15) is 0 Å². The Bertz CT molecular complexity index is 488. The Morgan fingerprint density at radius 3 is 2.82 bits per heavy atom. The molecule has 0 aliphatic rings. The Hall–Kier alpha value is -1.61. The molecule has 2 rings (SSSR count). The van der Waals surface area contributed by atoms with Crippen LogP contribution in [0.3, 0.4) is 0 Å². The molecule has 3 nitrogen and oxygen atoms in total. The lowest BCUT2D eigenvalue weighted by Crippen LogP contribution is -2.07. The van der Waals surface area contributed by atoms with Crippen LogP contribution in [-0.4, -0.2) is 16.6 Å². The van der Waals surface area contributed by atoms with Crippen molar-refractivity contribution in [3.63, 3.8) is 0 Å². The number of nitrogens with one attached hydrogen (secondary N) is 1. The van der Waals surface area contributed by atoms with Gasteiger partial charge < -0.3 is 9.88 Å². The van der Waals surface area contributed by atoms with Crippen molar-refractivity contribution < 1.29 is 0 Å². The normalized spacial score (nSPS) is 12.6. The Morgan fingerprint density at radius 2 is 2.12 bits per heavy atom. The molecule has 0 spiro atoms. The summed E-state index contributed by atoms with van der Waals surface area (Å²) in [6.45, 7) is 5.16. The minimum Gasteiger partial charge on any atom is -0.330 e. The zero-order valence-electron chi connectivity index (χ0n) is 10.6. The molecule has 0 amide bonds. The summed E-state index contributed by atoms with van der Waals surface area (Å²) in [6.07, 6.45) is 4.01. The molecule has 0 radical (unpaired) electrons. The van der Waals surface area contributed by atoms with E-state index in [1.807, 2.05) is 13.4 Å². The molecule has 17 heavy (non-hydrogen) atoms. The first-order valence-electron chi connectivity index (χ1n) is 5.95. The zero-order valence-corrected chi connectivity index (χ0v) is 10.6. The van der Waals surface area contributed by atoms with Crippen LogP contribution in [0.4, 0.5) is 0 Å². The Morgan fingerprint density at radius 1 is 1.35 bits per heavy atom. The van der Waals surface area contributed by atoms with Gasteiger partial charge in [0.1, 0.15) is 0 Å². The standard InChI is InChI=1S/C14H19N3/c1-11-6-4-5-7-14(11)12(2)17-9-13(8-15-3)16-10-17/h4-7,9-10,12,15H,8H2,1-3H3. The van der Waals surface area contributed by atoms with Crippen LogP contribution < -0.4 is 5.32 Å². The summed E-state index contributed by atoms with van der Waals surface area (Å²) in [7, 11) is 1.93. The number of hydrogen-bond donors (Lipinski definition) is 1. The van der Waals surface area contributed by atoms with Crippen molar-refractivity contribution in [1.82, 2.24) is 14.9 Å². The van der Waals surface area contributed by atoms with Crippen LogP contribution in [0.1, 0.15) is 29.8 Å². The van der Waals surface area contributed by atoms with Crippen molar-refractivity contribution in [2.24, 2.45) is 0 Å². The molecule has 2 aromatic rings. The van der Waals surface area contributed by atoms with Crippen LogP contribution in [0, 0.1) is 6.92 Å². The quantitative estimate of drug-likeness (QED) is 0.873. The topological polar surface area (TPSA) is 29.9 Å². The maximum Gasteiger partial charge on any atom is 0.0955 e. The van der Waals surface area contributed by atoms with E-state index in [1.165, 1.54) is 11.1 Å². The van der Waals surface area contributed by atoms with Gasteiger partial charge in [0.15, 0.2) is 0 Å². The second-order valence-electron chi connectivity index (χ2n) is 4.38. The van der Waals surface area contributed by atoms with Crippen LogP contribution >= 0.6 is 0 Å². The fourth-order valence-corrected chi connectivity index (χ4v) is 2.08. The van der Waals surface area contributed by atoms with Gasteiger partial charge in [-0.1, -0.05) is 24.3 Å². The molecule has 1 unspecified atom stereocenters. The number of aryl methyl sites for hydroxylation is 1. The predicted octanol–water partition coefficient (Wildman–Crippen LogP) is 2.52. The zero-order chi connectivity index (χ0) is 12.3. The van der Waals surface area contributed by atoms with E-state index < -0.39 is 0 Å². The molecule has 0 aliphatic heterocycles. The molecule has 3 heteroatoms. The molecular weight excluding hydrogens is 210 g/mol. The lowest BCUT2D eigenvalue weighted by Gasteiger charge is -2.15. The highest BCUT2D eigenvalue weighted by Gasteiger charge is 2.10. The SMILES string of the molecule is CNCc1cn(C(C)c2ccccc2C)cn1. The number of benzene rings is 1. The molecule has 1 aromatic carbocycles. The summed E-state index contributed by atoms with van der Waals surface area (Å²) >= 11 is 0. The maximum absolute atomic E-state index is 4.38. The van der Waals surface area contributed by atoms with Gasteiger partial charge in [-0.05, 0) is 32.0 Å². The number of nitrogens with zero attached hydrogens (tertiary/aromatic N) is 2. The van der Waals surface area contributed by atoms with Crippen LogP contribution in [0.5, 0.6) is 0 Å². The van der Waals surface area contributed by atoms with Crippen molar-refractivity contribution in [3.8, 4) is 0 Å². The molecule has 1 aromatic heterocycles. The number of rotatable bonds is 4. The minimum atomic E-state index is 0.328. The van der Waals surface area contributed by atoms with Crippen molar-refractivity contribution in [1.29, 1.82) is 0 Å². The van der Waals surface area contributed by atoms with Gasteiger partial charge >= 0.3 is 0 Å². The second-order valence-corrected chi connectivity index (χ2v) is 4.38. The second kappa shape index (κ2) is 5.15. The number of aromatic nitrogens is 2. The summed E-state index contributed by atoms with van der Waals surface area (Å²) in [5.74, 6) is 0. The van der Waals surface area contributed by atoms with E-state index in [9.17, 15) is 0 Å². The summed E-state index contributed by atoms with van der Waals surface area (Å²) in [6, 6.07) is 8.82. The first kappa shape index (κ1) is 11.9. The number of imidazole rings is 1. The molecule has 0 fully saturated rings. The lowest BCUT2D eigenvalue weighted by atomic mass is 10.0. The first-order chi connectivity index (χ1) is 8.22. The average molecular weight is 229 g/mol. The van der Waals surface area contributed by atoms with E-state index in [0.29, 0.717) is 6.04 Å². The van der Waals surface area contributed by atoms with E-state index in [-0.39, 0.29) is 0 Å². The maximum atomic E-state index is 4.38. The smallest absolute Gasteiger partial charge is 0.0955 e. The highest BCUT2D eigenvalue weighted by molar-refractivity contribution is 5.29. The van der Waals surface area contributed by atoms with Gasteiger partial charge in [0.2, 0.25) is 0 Å². The third-order valence-electron chi connectivity index (χ3n) is 3.10. The Labute approximate surface area is 103 Å². The van der Waals surface area contributed by atoms with Crippen molar-refractivity contribution in [3.05, 3.63) is 53.6 Å². The molecule has 0 saturated heterocycles.